The zero-order chi connectivity index (χ0) is 11.3. The Bertz CT molecular complexity index is 281. The smallest absolute Gasteiger partial charge is 0.0712 e. The van der Waals surface area contributed by atoms with Crippen molar-refractivity contribution in [2.45, 2.75) is 33.3 Å². The second-order valence-corrected chi connectivity index (χ2v) is 3.94. The van der Waals surface area contributed by atoms with E-state index in [1.54, 1.807) is 0 Å². The molecule has 0 aromatic heterocycles. The van der Waals surface area contributed by atoms with E-state index in [9.17, 15) is 5.11 Å². The van der Waals surface area contributed by atoms with Crippen molar-refractivity contribution in [3.8, 4) is 0 Å². The summed E-state index contributed by atoms with van der Waals surface area (Å²) < 4.78 is 0. The third-order valence-electron chi connectivity index (χ3n) is 2.68. The Labute approximate surface area is 92.5 Å². The zero-order valence-electron chi connectivity index (χ0n) is 9.90. The molecule has 0 saturated carbocycles. The van der Waals surface area contributed by atoms with Crippen LogP contribution in [0.4, 0.5) is 5.69 Å². The van der Waals surface area contributed by atoms with Crippen LogP contribution in [-0.4, -0.2) is 24.3 Å². The number of hydrogen-bond donors (Lipinski definition) is 1. The van der Waals surface area contributed by atoms with Crippen LogP contribution in [-0.2, 0) is 0 Å². The van der Waals surface area contributed by atoms with Gasteiger partial charge in [-0.25, -0.2) is 0 Å². The normalized spacial score (nSPS) is 12.5. The second-order valence-electron chi connectivity index (χ2n) is 3.94. The highest BCUT2D eigenvalue weighted by Gasteiger charge is 2.08. The molecule has 0 bridgehead atoms. The molecule has 0 spiro atoms. The van der Waals surface area contributed by atoms with Crippen LogP contribution in [0, 0.1) is 6.92 Å². The van der Waals surface area contributed by atoms with Gasteiger partial charge in [0.25, 0.3) is 0 Å². The maximum absolute atomic E-state index is 9.63. The van der Waals surface area contributed by atoms with Crippen molar-refractivity contribution in [2.75, 3.05) is 18.0 Å². The highest BCUT2D eigenvalue weighted by atomic mass is 16.3. The second kappa shape index (κ2) is 5.76. The summed E-state index contributed by atoms with van der Waals surface area (Å²) in [5, 5.41) is 9.63. The molecule has 1 N–H and O–H groups in total. The van der Waals surface area contributed by atoms with Crippen molar-refractivity contribution in [1.82, 2.24) is 0 Å². The van der Waals surface area contributed by atoms with Crippen LogP contribution in [0.3, 0.4) is 0 Å². The Morgan fingerprint density at radius 2 is 1.80 bits per heavy atom. The lowest BCUT2D eigenvalue weighted by atomic mass is 10.2. The van der Waals surface area contributed by atoms with E-state index < -0.39 is 0 Å². The summed E-state index contributed by atoms with van der Waals surface area (Å²) in [5.41, 5.74) is 2.46. The van der Waals surface area contributed by atoms with Gasteiger partial charge in [-0.3, -0.25) is 0 Å². The monoisotopic (exact) mass is 207 g/mol. The van der Waals surface area contributed by atoms with E-state index in [4.69, 9.17) is 0 Å². The Hall–Kier alpha value is -1.02. The van der Waals surface area contributed by atoms with Crippen LogP contribution in [0.15, 0.2) is 24.3 Å². The average Bonchev–Trinajstić information content (AvgIpc) is 2.27. The molecule has 1 atom stereocenters. The van der Waals surface area contributed by atoms with Gasteiger partial charge >= 0.3 is 0 Å². The van der Waals surface area contributed by atoms with Gasteiger partial charge in [0, 0.05) is 18.8 Å². The number of likely N-dealkylation sites (N-methyl/N-ethyl adjacent to an activating group) is 1. The third kappa shape index (κ3) is 3.56. The molecule has 0 heterocycles. The summed E-state index contributed by atoms with van der Waals surface area (Å²) in [6.07, 6.45) is 0.578. The molecule has 0 amide bonds. The molecule has 1 aromatic rings. The summed E-state index contributed by atoms with van der Waals surface area (Å²) >= 11 is 0. The summed E-state index contributed by atoms with van der Waals surface area (Å²) in [6, 6.07) is 8.44. The lowest BCUT2D eigenvalue weighted by Gasteiger charge is -2.25. The van der Waals surface area contributed by atoms with Crippen LogP contribution < -0.4 is 4.90 Å². The van der Waals surface area contributed by atoms with Gasteiger partial charge in [0.15, 0.2) is 0 Å². The first-order chi connectivity index (χ1) is 7.17. The highest BCUT2D eigenvalue weighted by molar-refractivity contribution is 5.47. The van der Waals surface area contributed by atoms with Crippen LogP contribution in [0.5, 0.6) is 0 Å². The maximum atomic E-state index is 9.63. The summed E-state index contributed by atoms with van der Waals surface area (Å²) in [7, 11) is 0. The molecule has 1 aromatic carbocycles. The van der Waals surface area contributed by atoms with Gasteiger partial charge in [0.05, 0.1) is 6.10 Å². The van der Waals surface area contributed by atoms with E-state index in [0.29, 0.717) is 0 Å². The molecule has 2 heteroatoms. The number of benzene rings is 1. The first kappa shape index (κ1) is 12.1. The third-order valence-corrected chi connectivity index (χ3v) is 2.68. The highest BCUT2D eigenvalue weighted by Crippen LogP contribution is 2.15. The molecule has 0 fully saturated rings. The quantitative estimate of drug-likeness (QED) is 0.802. The first-order valence-electron chi connectivity index (χ1n) is 5.67. The number of aliphatic hydroxyl groups excluding tert-OH is 1. The molecule has 0 saturated heterocycles. The molecule has 0 aliphatic rings. The van der Waals surface area contributed by atoms with Crippen LogP contribution in [0.25, 0.3) is 0 Å². The van der Waals surface area contributed by atoms with Crippen molar-refractivity contribution >= 4 is 5.69 Å². The molecule has 84 valence electrons. The number of nitrogens with zero attached hydrogens (tertiary/aromatic N) is 1. The van der Waals surface area contributed by atoms with E-state index in [1.807, 2.05) is 6.92 Å². The molecule has 2 nitrogen and oxygen atoms in total. The predicted molar refractivity (Wildman–Crippen MR) is 65.4 cm³/mol. The molecule has 15 heavy (non-hydrogen) atoms. The number of anilines is 1. The average molecular weight is 207 g/mol. The Morgan fingerprint density at radius 1 is 1.20 bits per heavy atom. The summed E-state index contributed by atoms with van der Waals surface area (Å²) in [5.74, 6) is 0. The van der Waals surface area contributed by atoms with Crippen LogP contribution in [0.2, 0.25) is 0 Å². The fraction of sp³-hybridized carbons (Fsp3) is 0.538. The van der Waals surface area contributed by atoms with Gasteiger partial charge in [0.2, 0.25) is 0 Å². The molecular formula is C13H21NO. The van der Waals surface area contributed by atoms with Gasteiger partial charge in [-0.05, 0) is 32.4 Å². The molecule has 0 aliphatic carbocycles. The van der Waals surface area contributed by atoms with E-state index >= 15 is 0 Å². The van der Waals surface area contributed by atoms with Gasteiger partial charge in [0.1, 0.15) is 0 Å². The fourth-order valence-electron chi connectivity index (χ4n) is 1.56. The van der Waals surface area contributed by atoms with Gasteiger partial charge in [-0.1, -0.05) is 24.6 Å². The SMILES string of the molecule is CCC(O)CN(CC)c1ccc(C)cc1. The van der Waals surface area contributed by atoms with E-state index in [-0.39, 0.29) is 6.10 Å². The minimum Gasteiger partial charge on any atom is -0.391 e. The maximum Gasteiger partial charge on any atom is 0.0712 e. The van der Waals surface area contributed by atoms with E-state index in [1.165, 1.54) is 11.3 Å². The van der Waals surface area contributed by atoms with Crippen molar-refractivity contribution < 1.29 is 5.11 Å². The van der Waals surface area contributed by atoms with Gasteiger partial charge < -0.3 is 10.0 Å². The first-order valence-corrected chi connectivity index (χ1v) is 5.67. The Morgan fingerprint density at radius 3 is 2.27 bits per heavy atom. The molecule has 1 unspecified atom stereocenters. The lowest BCUT2D eigenvalue weighted by molar-refractivity contribution is 0.176. The minimum atomic E-state index is -0.230. The van der Waals surface area contributed by atoms with Gasteiger partial charge in [-0.2, -0.15) is 0 Å². The van der Waals surface area contributed by atoms with E-state index in [0.717, 1.165) is 19.5 Å². The van der Waals surface area contributed by atoms with Crippen molar-refractivity contribution in [3.05, 3.63) is 29.8 Å². The predicted octanol–water partition coefficient (Wildman–Crippen LogP) is 2.59. The van der Waals surface area contributed by atoms with Crippen LogP contribution in [0.1, 0.15) is 25.8 Å². The van der Waals surface area contributed by atoms with Crippen molar-refractivity contribution in [3.63, 3.8) is 0 Å². The fourth-order valence-corrected chi connectivity index (χ4v) is 1.56. The van der Waals surface area contributed by atoms with Crippen LogP contribution >= 0.6 is 0 Å². The number of aryl methyl sites for hydroxylation is 1. The summed E-state index contributed by atoms with van der Waals surface area (Å²) in [6.45, 7) is 7.85. The van der Waals surface area contributed by atoms with E-state index in [2.05, 4.69) is 43.0 Å². The topological polar surface area (TPSA) is 23.5 Å². The Balaban J connectivity index is 2.69. The lowest BCUT2D eigenvalue weighted by Crippen LogP contribution is -2.31. The number of aliphatic hydroxyl groups is 1. The van der Waals surface area contributed by atoms with Gasteiger partial charge in [-0.15, -0.1) is 0 Å². The molecule has 0 aliphatic heterocycles. The number of rotatable bonds is 5. The Kier molecular flexibility index (Phi) is 4.63. The molecule has 1 rings (SSSR count). The largest absolute Gasteiger partial charge is 0.391 e. The minimum absolute atomic E-state index is 0.230. The number of hydrogen-bond acceptors (Lipinski definition) is 2. The van der Waals surface area contributed by atoms with Crippen molar-refractivity contribution in [2.24, 2.45) is 0 Å². The molecule has 0 radical (unpaired) electrons. The standard InChI is InChI=1S/C13H21NO/c1-4-13(15)10-14(5-2)12-8-6-11(3)7-9-12/h6-9,13,15H,4-5,10H2,1-3H3. The van der Waals surface area contributed by atoms with Crippen molar-refractivity contribution in [1.29, 1.82) is 0 Å². The molecular weight excluding hydrogens is 186 g/mol. The summed E-state index contributed by atoms with van der Waals surface area (Å²) in [4.78, 5) is 2.20. The zero-order valence-corrected chi connectivity index (χ0v) is 9.90.